The Bertz CT molecular complexity index is 504. The van der Waals surface area contributed by atoms with Crippen molar-refractivity contribution < 1.29 is 0 Å². The topological polar surface area (TPSA) is 50.5 Å². The van der Waals surface area contributed by atoms with E-state index in [2.05, 4.69) is 20.2 Å². The minimum atomic E-state index is 0.756. The Balaban J connectivity index is 2.15. The van der Waals surface area contributed by atoms with Gasteiger partial charge >= 0.3 is 0 Å². The van der Waals surface area contributed by atoms with Crippen LogP contribution in [0.15, 0.2) is 10.2 Å². The molecule has 3 heterocycles. The molecule has 4 nitrogen and oxygen atoms in total. The highest BCUT2D eigenvalue weighted by molar-refractivity contribution is 7.16. The van der Waals surface area contributed by atoms with Crippen molar-refractivity contribution in [2.24, 2.45) is 10.2 Å². The smallest absolute Gasteiger partial charge is 0.162 e. The van der Waals surface area contributed by atoms with E-state index < -0.39 is 0 Å². The highest BCUT2D eigenvalue weighted by atomic mass is 32.1. The second-order valence-corrected chi connectivity index (χ2v) is 5.71. The van der Waals surface area contributed by atoms with Gasteiger partial charge in [-0.2, -0.15) is 0 Å². The molecule has 76 valence electrons. The molecule has 0 atom stereocenters. The van der Waals surface area contributed by atoms with E-state index in [0.29, 0.717) is 0 Å². The fourth-order valence-corrected chi connectivity index (χ4v) is 3.06. The molecule has 15 heavy (non-hydrogen) atoms. The van der Waals surface area contributed by atoms with Crippen molar-refractivity contribution in [1.82, 2.24) is 9.97 Å². The average Bonchev–Trinajstić information content (AvgIpc) is 2.65. The zero-order chi connectivity index (χ0) is 10.4. The minimum absolute atomic E-state index is 0.756. The van der Waals surface area contributed by atoms with Crippen LogP contribution in [0.1, 0.15) is 21.4 Å². The van der Waals surface area contributed by atoms with Crippen LogP contribution in [0.4, 0.5) is 10.0 Å². The molecule has 0 saturated heterocycles. The molecule has 0 aromatic carbocycles. The van der Waals surface area contributed by atoms with Crippen molar-refractivity contribution in [3.05, 3.63) is 21.4 Å². The van der Waals surface area contributed by atoms with Crippen LogP contribution < -0.4 is 0 Å². The zero-order valence-electron chi connectivity index (χ0n) is 8.31. The molecule has 6 heteroatoms. The van der Waals surface area contributed by atoms with E-state index >= 15 is 0 Å². The lowest BCUT2D eigenvalue weighted by Gasteiger charge is -1.90. The molecule has 1 aliphatic rings. The van der Waals surface area contributed by atoms with Gasteiger partial charge in [-0.3, -0.25) is 0 Å². The second-order valence-electron chi connectivity index (χ2n) is 3.35. The SMILES string of the molecule is Cc1nc2c(s1)N=Nc1sc(C)nc1C2. The summed E-state index contributed by atoms with van der Waals surface area (Å²) in [5.41, 5.74) is 2.01. The monoisotopic (exact) mass is 236 g/mol. The molecule has 2 aromatic heterocycles. The molecule has 0 amide bonds. The number of nitrogens with zero attached hydrogens (tertiary/aromatic N) is 4. The highest BCUT2D eigenvalue weighted by Gasteiger charge is 2.18. The molecule has 2 aromatic rings. The first-order chi connectivity index (χ1) is 7.22. The molecule has 0 saturated carbocycles. The van der Waals surface area contributed by atoms with Crippen LogP contribution in [-0.4, -0.2) is 9.97 Å². The van der Waals surface area contributed by atoms with Gasteiger partial charge in [0.05, 0.1) is 21.4 Å². The Hall–Kier alpha value is -1.14. The summed E-state index contributed by atoms with van der Waals surface area (Å²) < 4.78 is 0. The first-order valence-electron chi connectivity index (χ1n) is 4.57. The Morgan fingerprint density at radius 1 is 0.867 bits per heavy atom. The maximum atomic E-state index is 4.45. The van der Waals surface area contributed by atoms with Crippen LogP contribution in [0.2, 0.25) is 0 Å². The third kappa shape index (κ3) is 1.49. The van der Waals surface area contributed by atoms with Gasteiger partial charge in [-0.05, 0) is 13.8 Å². The fraction of sp³-hybridized carbons (Fsp3) is 0.333. The summed E-state index contributed by atoms with van der Waals surface area (Å²) in [6.45, 7) is 3.98. The number of thiazole rings is 2. The van der Waals surface area contributed by atoms with Crippen molar-refractivity contribution >= 4 is 32.7 Å². The minimum Gasteiger partial charge on any atom is -0.244 e. The van der Waals surface area contributed by atoms with E-state index in [4.69, 9.17) is 0 Å². The number of hydrogen-bond donors (Lipinski definition) is 0. The molecule has 0 bridgehead atoms. The van der Waals surface area contributed by atoms with Gasteiger partial charge in [0.15, 0.2) is 10.0 Å². The third-order valence-corrected chi connectivity index (χ3v) is 3.93. The van der Waals surface area contributed by atoms with Crippen LogP contribution in [0, 0.1) is 13.8 Å². The van der Waals surface area contributed by atoms with Crippen LogP contribution in [0.25, 0.3) is 0 Å². The van der Waals surface area contributed by atoms with Gasteiger partial charge in [0.1, 0.15) is 0 Å². The van der Waals surface area contributed by atoms with Crippen LogP contribution in [0.5, 0.6) is 0 Å². The van der Waals surface area contributed by atoms with Gasteiger partial charge in [0, 0.05) is 6.42 Å². The molecule has 0 spiro atoms. The molecule has 0 fully saturated rings. The predicted molar refractivity (Wildman–Crippen MR) is 60.7 cm³/mol. The first-order valence-corrected chi connectivity index (χ1v) is 6.20. The molecule has 0 radical (unpaired) electrons. The number of aromatic nitrogens is 2. The zero-order valence-corrected chi connectivity index (χ0v) is 9.95. The van der Waals surface area contributed by atoms with Crippen molar-refractivity contribution in [2.75, 3.05) is 0 Å². The number of azo groups is 1. The van der Waals surface area contributed by atoms with E-state index in [0.717, 1.165) is 37.8 Å². The van der Waals surface area contributed by atoms with Crippen LogP contribution in [-0.2, 0) is 6.42 Å². The molecule has 0 aliphatic carbocycles. The molecule has 3 rings (SSSR count). The van der Waals surface area contributed by atoms with Gasteiger partial charge in [0.25, 0.3) is 0 Å². The maximum Gasteiger partial charge on any atom is 0.162 e. The summed E-state index contributed by atoms with van der Waals surface area (Å²) in [6.07, 6.45) is 0.756. The standard InChI is InChI=1S/C9H8N4S2/c1-4-10-6-3-7-9(15-5(2)11-7)13-12-8(6)14-4/h3H2,1-2H3. The third-order valence-electron chi connectivity index (χ3n) is 2.13. The lowest BCUT2D eigenvalue weighted by molar-refractivity contribution is 1.03. The quantitative estimate of drug-likeness (QED) is 0.599. The normalized spacial score (nSPS) is 13.5. The van der Waals surface area contributed by atoms with Gasteiger partial charge in [-0.25, -0.2) is 9.97 Å². The van der Waals surface area contributed by atoms with E-state index in [-0.39, 0.29) is 0 Å². The van der Waals surface area contributed by atoms with E-state index in [9.17, 15) is 0 Å². The fourth-order valence-electron chi connectivity index (χ4n) is 1.55. The molecule has 0 N–H and O–H groups in total. The molecular weight excluding hydrogens is 228 g/mol. The van der Waals surface area contributed by atoms with Gasteiger partial charge in [0.2, 0.25) is 0 Å². The van der Waals surface area contributed by atoms with E-state index in [1.54, 1.807) is 22.7 Å². The predicted octanol–water partition coefficient (Wildman–Crippen LogP) is 3.54. The largest absolute Gasteiger partial charge is 0.244 e. The summed E-state index contributed by atoms with van der Waals surface area (Å²) in [6, 6.07) is 0. The van der Waals surface area contributed by atoms with Crippen molar-refractivity contribution in [3.8, 4) is 0 Å². The first kappa shape index (κ1) is 9.11. The average molecular weight is 236 g/mol. The number of aryl methyl sites for hydroxylation is 2. The Labute approximate surface area is 94.7 Å². The van der Waals surface area contributed by atoms with E-state index in [1.807, 2.05) is 13.8 Å². The van der Waals surface area contributed by atoms with Gasteiger partial charge < -0.3 is 0 Å². The Kier molecular flexibility index (Phi) is 1.93. The molecule has 1 aliphatic heterocycles. The van der Waals surface area contributed by atoms with E-state index in [1.165, 1.54) is 0 Å². The number of hydrogen-bond acceptors (Lipinski definition) is 6. The van der Waals surface area contributed by atoms with Crippen molar-refractivity contribution in [3.63, 3.8) is 0 Å². The Morgan fingerprint density at radius 2 is 1.33 bits per heavy atom. The van der Waals surface area contributed by atoms with Crippen molar-refractivity contribution in [1.29, 1.82) is 0 Å². The molecular formula is C9H8N4S2. The summed E-state index contributed by atoms with van der Waals surface area (Å²) in [7, 11) is 0. The Morgan fingerprint density at radius 3 is 1.80 bits per heavy atom. The molecule has 0 unspecified atom stereocenters. The lowest BCUT2D eigenvalue weighted by Crippen LogP contribution is -1.88. The maximum absolute atomic E-state index is 4.45. The van der Waals surface area contributed by atoms with Crippen molar-refractivity contribution in [2.45, 2.75) is 20.3 Å². The summed E-state index contributed by atoms with van der Waals surface area (Å²) in [5, 5.41) is 12.4. The summed E-state index contributed by atoms with van der Waals surface area (Å²) in [5.74, 6) is 0. The van der Waals surface area contributed by atoms with Gasteiger partial charge in [-0.1, -0.05) is 22.7 Å². The second kappa shape index (κ2) is 3.18. The van der Waals surface area contributed by atoms with Gasteiger partial charge in [-0.15, -0.1) is 10.2 Å². The number of fused-ring (bicyclic) bond motifs is 2. The van der Waals surface area contributed by atoms with Crippen LogP contribution in [0.3, 0.4) is 0 Å². The summed E-state index contributed by atoms with van der Waals surface area (Å²) in [4.78, 5) is 8.90. The highest BCUT2D eigenvalue weighted by Crippen LogP contribution is 2.38. The lowest BCUT2D eigenvalue weighted by atomic mass is 10.2. The number of rotatable bonds is 0. The summed E-state index contributed by atoms with van der Waals surface area (Å²) >= 11 is 3.17. The van der Waals surface area contributed by atoms with Crippen LogP contribution >= 0.6 is 22.7 Å².